The Hall–Kier alpha value is -1.57. The molecule has 0 spiro atoms. The second-order valence-corrected chi connectivity index (χ2v) is 2.83. The van der Waals surface area contributed by atoms with Crippen LogP contribution in [0.2, 0.25) is 0 Å². The van der Waals surface area contributed by atoms with Crippen LogP contribution in [0.3, 0.4) is 0 Å². The van der Waals surface area contributed by atoms with Crippen molar-refractivity contribution >= 4 is 0 Å². The topological polar surface area (TPSA) is 17.8 Å². The van der Waals surface area contributed by atoms with Gasteiger partial charge in [-0.2, -0.15) is 0 Å². The minimum atomic E-state index is 0.950. The average molecular weight is 171 g/mol. The van der Waals surface area contributed by atoms with E-state index >= 15 is 0 Å². The summed E-state index contributed by atoms with van der Waals surface area (Å²) in [6.45, 7) is 2.11. The number of rotatable bonds is 2. The van der Waals surface area contributed by atoms with Crippen molar-refractivity contribution in [2.45, 2.75) is 13.3 Å². The number of nitrogens with zero attached hydrogens (tertiary/aromatic N) is 2. The van der Waals surface area contributed by atoms with E-state index in [1.807, 2.05) is 36.7 Å². The van der Waals surface area contributed by atoms with Gasteiger partial charge in [-0.05, 0) is 18.2 Å². The number of aromatic nitrogens is 2. The van der Waals surface area contributed by atoms with Crippen molar-refractivity contribution in [3.05, 3.63) is 48.5 Å². The molecule has 0 fully saturated rings. The Labute approximate surface area is 77.9 Å². The van der Waals surface area contributed by atoms with Gasteiger partial charge < -0.3 is 4.57 Å². The normalized spacial score (nSPS) is 10.2. The Bertz CT molecular complexity index is 376. The van der Waals surface area contributed by atoms with E-state index in [9.17, 15) is 0 Å². The largest absolute Gasteiger partial charge is 0.304 e. The van der Waals surface area contributed by atoms with Crippen molar-refractivity contribution in [1.29, 1.82) is 0 Å². The molecule has 0 atom stereocenters. The quantitative estimate of drug-likeness (QED) is 0.677. The lowest BCUT2D eigenvalue weighted by molar-refractivity contribution is 0.891. The Balaban J connectivity index is 2.47. The van der Waals surface area contributed by atoms with Gasteiger partial charge in [0.2, 0.25) is 0 Å². The monoisotopic (exact) mass is 171 g/mol. The van der Waals surface area contributed by atoms with E-state index in [1.54, 1.807) is 0 Å². The van der Waals surface area contributed by atoms with E-state index in [-0.39, 0.29) is 0 Å². The summed E-state index contributed by atoms with van der Waals surface area (Å²) in [5.74, 6) is 1.09. The first-order valence-corrected chi connectivity index (χ1v) is 4.40. The molecule has 0 bridgehead atoms. The second kappa shape index (κ2) is 3.44. The van der Waals surface area contributed by atoms with Crippen molar-refractivity contribution < 1.29 is 0 Å². The molecule has 1 aromatic carbocycles. The minimum Gasteiger partial charge on any atom is -0.304 e. The Morgan fingerprint density at radius 3 is 2.85 bits per heavy atom. The predicted molar refractivity (Wildman–Crippen MR) is 51.8 cm³/mol. The first-order valence-electron chi connectivity index (χ1n) is 4.40. The first-order chi connectivity index (χ1) is 6.42. The molecule has 65 valence electrons. The number of benzene rings is 1. The third-order valence-corrected chi connectivity index (χ3v) is 2.01. The van der Waals surface area contributed by atoms with Crippen LogP contribution in [0.1, 0.15) is 12.7 Å². The van der Waals surface area contributed by atoms with E-state index in [1.165, 1.54) is 0 Å². The molecule has 0 saturated heterocycles. The van der Waals surface area contributed by atoms with E-state index < -0.39 is 0 Å². The number of aryl methyl sites for hydroxylation is 1. The van der Waals surface area contributed by atoms with Crippen molar-refractivity contribution in [3.8, 4) is 5.69 Å². The Kier molecular flexibility index (Phi) is 2.13. The highest BCUT2D eigenvalue weighted by molar-refractivity contribution is 5.32. The second-order valence-electron chi connectivity index (χ2n) is 2.83. The molecule has 2 nitrogen and oxygen atoms in total. The third-order valence-electron chi connectivity index (χ3n) is 2.01. The summed E-state index contributed by atoms with van der Waals surface area (Å²) in [5.41, 5.74) is 1.15. The van der Waals surface area contributed by atoms with Crippen LogP contribution in [0, 0.1) is 6.07 Å². The van der Waals surface area contributed by atoms with Crippen LogP contribution in [-0.4, -0.2) is 9.55 Å². The van der Waals surface area contributed by atoms with Crippen LogP contribution in [0.5, 0.6) is 0 Å². The molecule has 1 aromatic heterocycles. The maximum Gasteiger partial charge on any atom is 0.112 e. The zero-order valence-electron chi connectivity index (χ0n) is 7.57. The standard InChI is InChI=1S/C11H11N2/c1-2-11-12-8-9-13(11)10-6-4-3-5-7-10/h4-9H,2H2,1H3. The molecule has 2 aromatic rings. The molecule has 0 amide bonds. The van der Waals surface area contributed by atoms with Crippen molar-refractivity contribution in [2.75, 3.05) is 0 Å². The van der Waals surface area contributed by atoms with Crippen LogP contribution < -0.4 is 0 Å². The lowest BCUT2D eigenvalue weighted by Gasteiger charge is -2.04. The highest BCUT2D eigenvalue weighted by Gasteiger charge is 2.00. The molecule has 0 aliphatic rings. The summed E-state index contributed by atoms with van der Waals surface area (Å²) >= 11 is 0. The maximum absolute atomic E-state index is 4.26. The van der Waals surface area contributed by atoms with E-state index in [2.05, 4.69) is 22.5 Å². The smallest absolute Gasteiger partial charge is 0.112 e. The summed E-state index contributed by atoms with van der Waals surface area (Å²) in [7, 11) is 0. The molecule has 13 heavy (non-hydrogen) atoms. The molecule has 0 N–H and O–H groups in total. The molecular formula is C11H11N2. The molecule has 1 heterocycles. The van der Waals surface area contributed by atoms with Crippen molar-refractivity contribution in [1.82, 2.24) is 9.55 Å². The van der Waals surface area contributed by atoms with E-state index in [0.717, 1.165) is 17.9 Å². The fourth-order valence-corrected chi connectivity index (χ4v) is 1.37. The fraction of sp³-hybridized carbons (Fsp3) is 0.182. The molecular weight excluding hydrogens is 160 g/mol. The molecule has 0 aliphatic heterocycles. The predicted octanol–water partition coefficient (Wildman–Crippen LogP) is 2.23. The highest BCUT2D eigenvalue weighted by Crippen LogP contribution is 2.09. The summed E-state index contributed by atoms with van der Waals surface area (Å²) < 4.78 is 2.09. The van der Waals surface area contributed by atoms with Crippen LogP contribution in [0.15, 0.2) is 36.7 Å². The molecule has 0 saturated carbocycles. The lowest BCUT2D eigenvalue weighted by atomic mass is 10.3. The molecule has 1 radical (unpaired) electrons. The lowest BCUT2D eigenvalue weighted by Crippen LogP contribution is -1.97. The zero-order chi connectivity index (χ0) is 9.10. The van der Waals surface area contributed by atoms with Gasteiger partial charge in [0.1, 0.15) is 5.82 Å². The number of hydrogen-bond acceptors (Lipinski definition) is 1. The van der Waals surface area contributed by atoms with Gasteiger partial charge in [-0.1, -0.05) is 19.1 Å². The SMILES string of the molecule is CCc1nccn1-c1cc[c]cc1. The van der Waals surface area contributed by atoms with Crippen molar-refractivity contribution in [2.24, 2.45) is 0 Å². The zero-order valence-corrected chi connectivity index (χ0v) is 7.57. The third kappa shape index (κ3) is 1.47. The summed E-state index contributed by atoms with van der Waals surface area (Å²) in [4.78, 5) is 4.26. The van der Waals surface area contributed by atoms with Gasteiger partial charge in [-0.25, -0.2) is 4.98 Å². The molecule has 0 aliphatic carbocycles. The first kappa shape index (κ1) is 8.05. The van der Waals surface area contributed by atoms with Crippen LogP contribution in [0.25, 0.3) is 5.69 Å². The van der Waals surface area contributed by atoms with Gasteiger partial charge in [0.25, 0.3) is 0 Å². The van der Waals surface area contributed by atoms with Gasteiger partial charge >= 0.3 is 0 Å². The number of imidazole rings is 1. The minimum absolute atomic E-state index is 0.950. The Morgan fingerprint density at radius 1 is 1.38 bits per heavy atom. The van der Waals surface area contributed by atoms with E-state index in [0.29, 0.717) is 0 Å². The highest BCUT2D eigenvalue weighted by atomic mass is 15.1. The molecule has 2 rings (SSSR count). The van der Waals surface area contributed by atoms with Gasteiger partial charge in [0, 0.05) is 24.5 Å². The molecule has 0 unspecified atom stereocenters. The Morgan fingerprint density at radius 2 is 2.15 bits per heavy atom. The maximum atomic E-state index is 4.26. The van der Waals surface area contributed by atoms with Crippen LogP contribution in [0.4, 0.5) is 0 Å². The summed E-state index contributed by atoms with van der Waals surface area (Å²) in [6, 6.07) is 10.9. The average Bonchev–Trinajstić information content (AvgIpc) is 2.67. The van der Waals surface area contributed by atoms with Gasteiger partial charge in [-0.3, -0.25) is 0 Å². The van der Waals surface area contributed by atoms with E-state index in [4.69, 9.17) is 0 Å². The number of hydrogen-bond donors (Lipinski definition) is 0. The van der Waals surface area contributed by atoms with Gasteiger partial charge in [0.15, 0.2) is 0 Å². The van der Waals surface area contributed by atoms with Crippen LogP contribution >= 0.6 is 0 Å². The summed E-state index contributed by atoms with van der Waals surface area (Å²) in [5, 5.41) is 0. The summed E-state index contributed by atoms with van der Waals surface area (Å²) in [6.07, 6.45) is 4.76. The van der Waals surface area contributed by atoms with Crippen LogP contribution in [-0.2, 0) is 6.42 Å². The molecule has 2 heteroatoms. The van der Waals surface area contributed by atoms with Gasteiger partial charge in [-0.15, -0.1) is 0 Å². The van der Waals surface area contributed by atoms with Gasteiger partial charge in [0.05, 0.1) is 0 Å². The fourth-order valence-electron chi connectivity index (χ4n) is 1.37. The van der Waals surface area contributed by atoms with Crippen molar-refractivity contribution in [3.63, 3.8) is 0 Å².